The molecule has 2 aromatic rings. The number of aryl methyl sites for hydroxylation is 1. The van der Waals surface area contributed by atoms with Crippen molar-refractivity contribution in [3.63, 3.8) is 0 Å². The zero-order valence-corrected chi connectivity index (χ0v) is 8.49. The molecule has 0 aliphatic heterocycles. The van der Waals surface area contributed by atoms with Crippen LogP contribution in [-0.4, -0.2) is 10.2 Å². The second kappa shape index (κ2) is 3.97. The van der Waals surface area contributed by atoms with Gasteiger partial charge in [0.2, 0.25) is 0 Å². The van der Waals surface area contributed by atoms with Crippen LogP contribution in [0.15, 0.2) is 30.3 Å². The van der Waals surface area contributed by atoms with Crippen LogP contribution >= 0.6 is 0 Å². The molecular weight excluding hydrogens is 186 g/mol. The third-order valence-electron chi connectivity index (χ3n) is 2.24. The molecule has 3 heteroatoms. The van der Waals surface area contributed by atoms with E-state index in [0.717, 1.165) is 22.5 Å². The number of benzene rings is 1. The molecule has 0 radical (unpaired) electrons. The van der Waals surface area contributed by atoms with Gasteiger partial charge in [0.1, 0.15) is 0 Å². The van der Waals surface area contributed by atoms with Crippen LogP contribution in [0.25, 0.3) is 11.3 Å². The number of nitrogens with one attached hydrogen (secondary N) is 1. The Bertz CT molecular complexity index is 488. The number of hydrogen-bond donors (Lipinski definition) is 1. The minimum absolute atomic E-state index is 0.458. The molecule has 1 aromatic heterocycles. The van der Waals surface area contributed by atoms with E-state index in [9.17, 15) is 0 Å². The van der Waals surface area contributed by atoms with Gasteiger partial charge in [-0.15, -0.1) is 0 Å². The summed E-state index contributed by atoms with van der Waals surface area (Å²) >= 11 is 0. The van der Waals surface area contributed by atoms with E-state index >= 15 is 0 Å². The van der Waals surface area contributed by atoms with Crippen molar-refractivity contribution in [2.75, 3.05) is 0 Å². The monoisotopic (exact) mass is 197 g/mol. The maximum absolute atomic E-state index is 8.54. The summed E-state index contributed by atoms with van der Waals surface area (Å²) in [6, 6.07) is 12.0. The Kier molecular flexibility index (Phi) is 2.51. The predicted octanol–water partition coefficient (Wildman–Crippen LogP) is 2.45. The van der Waals surface area contributed by atoms with Gasteiger partial charge in [0, 0.05) is 11.3 Å². The van der Waals surface area contributed by atoms with Gasteiger partial charge < -0.3 is 0 Å². The summed E-state index contributed by atoms with van der Waals surface area (Å²) in [4.78, 5) is 0. The normalized spacial score (nSPS) is 9.87. The number of hydrogen-bond acceptors (Lipinski definition) is 2. The van der Waals surface area contributed by atoms with E-state index in [1.54, 1.807) is 0 Å². The maximum Gasteiger partial charge on any atom is 0.0923 e. The molecule has 3 nitrogen and oxygen atoms in total. The second-order valence-corrected chi connectivity index (χ2v) is 3.47. The van der Waals surface area contributed by atoms with Crippen LogP contribution in [0.2, 0.25) is 0 Å². The van der Waals surface area contributed by atoms with Crippen LogP contribution in [0.5, 0.6) is 0 Å². The highest BCUT2D eigenvalue weighted by Crippen LogP contribution is 2.18. The SMILES string of the molecule is Cc1cc(-c2ccc(CC#N)cc2)n[nH]1. The van der Waals surface area contributed by atoms with Crippen molar-refractivity contribution in [2.45, 2.75) is 13.3 Å². The van der Waals surface area contributed by atoms with E-state index in [0.29, 0.717) is 6.42 Å². The molecule has 0 spiro atoms. The van der Waals surface area contributed by atoms with E-state index in [4.69, 9.17) is 5.26 Å². The van der Waals surface area contributed by atoms with Gasteiger partial charge in [-0.1, -0.05) is 24.3 Å². The molecule has 0 fully saturated rings. The average Bonchev–Trinajstić information content (AvgIpc) is 2.67. The number of nitriles is 1. The zero-order chi connectivity index (χ0) is 10.7. The minimum Gasteiger partial charge on any atom is -0.282 e. The van der Waals surface area contributed by atoms with E-state index < -0.39 is 0 Å². The van der Waals surface area contributed by atoms with Crippen LogP contribution in [0.1, 0.15) is 11.3 Å². The van der Waals surface area contributed by atoms with Gasteiger partial charge in [0.15, 0.2) is 0 Å². The number of rotatable bonds is 2. The van der Waals surface area contributed by atoms with Crippen LogP contribution in [0.3, 0.4) is 0 Å². The van der Waals surface area contributed by atoms with Crippen molar-refractivity contribution >= 4 is 0 Å². The summed E-state index contributed by atoms with van der Waals surface area (Å²) in [6.45, 7) is 1.97. The Labute approximate surface area is 88.4 Å². The molecule has 1 heterocycles. The van der Waals surface area contributed by atoms with E-state index in [-0.39, 0.29) is 0 Å². The Balaban J connectivity index is 2.28. The van der Waals surface area contributed by atoms with Gasteiger partial charge in [-0.25, -0.2) is 0 Å². The molecule has 74 valence electrons. The van der Waals surface area contributed by atoms with Crippen LogP contribution in [-0.2, 0) is 6.42 Å². The van der Waals surface area contributed by atoms with Gasteiger partial charge in [-0.2, -0.15) is 10.4 Å². The summed E-state index contributed by atoms with van der Waals surface area (Å²) in [5, 5.41) is 15.6. The Morgan fingerprint density at radius 1 is 1.33 bits per heavy atom. The largest absolute Gasteiger partial charge is 0.282 e. The lowest BCUT2D eigenvalue weighted by Crippen LogP contribution is -1.82. The molecule has 0 amide bonds. The molecule has 0 atom stereocenters. The first kappa shape index (κ1) is 9.47. The van der Waals surface area contributed by atoms with Crippen molar-refractivity contribution in [1.29, 1.82) is 5.26 Å². The lowest BCUT2D eigenvalue weighted by atomic mass is 10.1. The topological polar surface area (TPSA) is 52.5 Å². The fourth-order valence-corrected chi connectivity index (χ4v) is 1.45. The molecule has 0 unspecified atom stereocenters. The Morgan fingerprint density at radius 2 is 2.07 bits per heavy atom. The lowest BCUT2D eigenvalue weighted by molar-refractivity contribution is 1.05. The standard InChI is InChI=1S/C12H11N3/c1-9-8-12(15-14-9)11-4-2-10(3-5-11)6-7-13/h2-5,8H,6H2,1H3,(H,14,15). The Morgan fingerprint density at radius 3 is 2.60 bits per heavy atom. The molecular formula is C12H11N3. The number of H-pyrrole nitrogens is 1. The number of aromatic amines is 1. The lowest BCUT2D eigenvalue weighted by Gasteiger charge is -1.97. The fourth-order valence-electron chi connectivity index (χ4n) is 1.45. The summed E-state index contributed by atoms with van der Waals surface area (Å²) < 4.78 is 0. The zero-order valence-electron chi connectivity index (χ0n) is 8.49. The molecule has 0 saturated heterocycles. The third kappa shape index (κ3) is 2.05. The van der Waals surface area contributed by atoms with Gasteiger partial charge in [-0.05, 0) is 18.6 Å². The Hall–Kier alpha value is -2.08. The summed E-state index contributed by atoms with van der Waals surface area (Å²) in [6.07, 6.45) is 0.458. The summed E-state index contributed by atoms with van der Waals surface area (Å²) in [7, 11) is 0. The molecule has 0 aliphatic carbocycles. The first-order chi connectivity index (χ1) is 7.29. The predicted molar refractivity (Wildman–Crippen MR) is 58.1 cm³/mol. The number of nitrogens with zero attached hydrogens (tertiary/aromatic N) is 2. The molecule has 2 rings (SSSR count). The second-order valence-electron chi connectivity index (χ2n) is 3.47. The van der Waals surface area contributed by atoms with E-state index in [1.165, 1.54) is 0 Å². The van der Waals surface area contributed by atoms with Crippen LogP contribution < -0.4 is 0 Å². The van der Waals surface area contributed by atoms with Gasteiger partial charge in [0.05, 0.1) is 18.2 Å². The van der Waals surface area contributed by atoms with Crippen molar-refractivity contribution in [2.24, 2.45) is 0 Å². The average molecular weight is 197 g/mol. The van der Waals surface area contributed by atoms with Crippen molar-refractivity contribution in [1.82, 2.24) is 10.2 Å². The van der Waals surface area contributed by atoms with Gasteiger partial charge in [-0.3, -0.25) is 5.10 Å². The van der Waals surface area contributed by atoms with E-state index in [2.05, 4.69) is 16.3 Å². The quantitative estimate of drug-likeness (QED) is 0.803. The molecule has 0 bridgehead atoms. The third-order valence-corrected chi connectivity index (χ3v) is 2.24. The molecule has 1 aromatic carbocycles. The van der Waals surface area contributed by atoms with Crippen molar-refractivity contribution in [3.05, 3.63) is 41.6 Å². The fraction of sp³-hybridized carbons (Fsp3) is 0.167. The molecule has 0 aliphatic rings. The highest BCUT2D eigenvalue weighted by Gasteiger charge is 2.01. The van der Waals surface area contributed by atoms with Gasteiger partial charge in [0.25, 0.3) is 0 Å². The first-order valence-corrected chi connectivity index (χ1v) is 4.78. The molecule has 15 heavy (non-hydrogen) atoms. The first-order valence-electron chi connectivity index (χ1n) is 4.78. The highest BCUT2D eigenvalue weighted by molar-refractivity contribution is 5.59. The minimum atomic E-state index is 0.458. The highest BCUT2D eigenvalue weighted by atomic mass is 15.1. The van der Waals surface area contributed by atoms with Crippen molar-refractivity contribution in [3.8, 4) is 17.3 Å². The number of aromatic nitrogens is 2. The van der Waals surface area contributed by atoms with Crippen LogP contribution in [0, 0.1) is 18.3 Å². The van der Waals surface area contributed by atoms with E-state index in [1.807, 2.05) is 37.3 Å². The van der Waals surface area contributed by atoms with Crippen molar-refractivity contribution < 1.29 is 0 Å². The molecule has 1 N–H and O–H groups in total. The maximum atomic E-state index is 8.54. The van der Waals surface area contributed by atoms with Crippen LogP contribution in [0.4, 0.5) is 0 Å². The smallest absolute Gasteiger partial charge is 0.0923 e. The summed E-state index contributed by atoms with van der Waals surface area (Å²) in [5.74, 6) is 0. The summed E-state index contributed by atoms with van der Waals surface area (Å²) in [5.41, 5.74) is 4.09. The molecule has 0 saturated carbocycles. The van der Waals surface area contributed by atoms with Gasteiger partial charge >= 0.3 is 0 Å².